The van der Waals surface area contributed by atoms with Crippen molar-refractivity contribution in [1.82, 2.24) is 20.9 Å². The number of pyridine rings is 1. The van der Waals surface area contributed by atoms with Gasteiger partial charge in [0.2, 0.25) is 0 Å². The molecule has 0 aliphatic heterocycles. The molecule has 0 saturated heterocycles. The Labute approximate surface area is 201 Å². The van der Waals surface area contributed by atoms with Crippen LogP contribution in [0.25, 0.3) is 0 Å². The average molecular weight is 541 g/mol. The first-order valence-corrected chi connectivity index (χ1v) is 10.1. The van der Waals surface area contributed by atoms with E-state index in [4.69, 9.17) is 9.47 Å². The predicted octanol–water partition coefficient (Wildman–Crippen LogP) is 2.60. The minimum absolute atomic E-state index is 0. The monoisotopic (exact) mass is 541 g/mol. The van der Waals surface area contributed by atoms with E-state index in [1.807, 2.05) is 31.2 Å². The van der Waals surface area contributed by atoms with Crippen molar-refractivity contribution in [3.8, 4) is 5.75 Å². The number of carbonyl (C=O) groups excluding carboxylic acids is 1. The third-order valence-corrected chi connectivity index (χ3v) is 4.17. The van der Waals surface area contributed by atoms with E-state index in [0.29, 0.717) is 44.4 Å². The van der Waals surface area contributed by atoms with Crippen molar-refractivity contribution in [1.29, 1.82) is 0 Å². The summed E-state index contributed by atoms with van der Waals surface area (Å²) in [5.74, 6) is 1.36. The minimum Gasteiger partial charge on any atom is -0.497 e. The van der Waals surface area contributed by atoms with Crippen molar-refractivity contribution >= 4 is 35.8 Å². The van der Waals surface area contributed by atoms with Crippen LogP contribution >= 0.6 is 24.0 Å². The molecule has 0 saturated carbocycles. The van der Waals surface area contributed by atoms with Gasteiger partial charge in [0.05, 0.1) is 19.2 Å². The zero-order chi connectivity index (χ0) is 21.4. The highest BCUT2D eigenvalue weighted by Gasteiger charge is 2.04. The number of carbonyl (C=O) groups is 1. The van der Waals surface area contributed by atoms with Gasteiger partial charge in [0.15, 0.2) is 5.96 Å². The quantitative estimate of drug-likeness (QED) is 0.166. The average Bonchev–Trinajstić information content (AvgIpc) is 2.80. The number of aromatic nitrogens is 1. The summed E-state index contributed by atoms with van der Waals surface area (Å²) in [5.41, 5.74) is 1.62. The molecule has 0 radical (unpaired) electrons. The Kier molecular flexibility index (Phi) is 14.0. The molecule has 0 atom stereocenters. The fraction of sp³-hybridized carbons (Fsp3) is 0.409. The molecule has 8 nitrogen and oxygen atoms in total. The Hall–Kier alpha value is -2.40. The van der Waals surface area contributed by atoms with Crippen molar-refractivity contribution in [3.63, 3.8) is 0 Å². The van der Waals surface area contributed by atoms with E-state index in [0.717, 1.165) is 24.3 Å². The van der Waals surface area contributed by atoms with Gasteiger partial charge in [-0.15, -0.1) is 24.0 Å². The van der Waals surface area contributed by atoms with E-state index >= 15 is 0 Å². The number of nitrogens with one attached hydrogen (secondary N) is 3. The SMILES string of the molecule is CCOCCCNC(=NCc1ccc(OC)cc1)NCCNC(=O)c1cccnc1.I. The van der Waals surface area contributed by atoms with E-state index in [-0.39, 0.29) is 29.9 Å². The zero-order valence-electron chi connectivity index (χ0n) is 18.1. The molecule has 1 amide bonds. The molecule has 3 N–H and O–H groups in total. The molecule has 31 heavy (non-hydrogen) atoms. The number of methoxy groups -OCH3 is 1. The van der Waals surface area contributed by atoms with Gasteiger partial charge in [0, 0.05) is 45.2 Å². The number of amides is 1. The lowest BCUT2D eigenvalue weighted by molar-refractivity contribution is 0.0954. The van der Waals surface area contributed by atoms with Crippen molar-refractivity contribution in [3.05, 3.63) is 59.9 Å². The van der Waals surface area contributed by atoms with Crippen LogP contribution < -0.4 is 20.7 Å². The first-order chi connectivity index (χ1) is 14.7. The van der Waals surface area contributed by atoms with E-state index in [1.54, 1.807) is 31.6 Å². The van der Waals surface area contributed by atoms with Crippen LogP contribution in [0.3, 0.4) is 0 Å². The molecule has 0 aliphatic rings. The molecular weight excluding hydrogens is 509 g/mol. The molecule has 2 aromatic rings. The molecule has 1 heterocycles. The summed E-state index contributed by atoms with van der Waals surface area (Å²) in [6.45, 7) is 5.70. The van der Waals surface area contributed by atoms with Crippen LogP contribution in [-0.4, -0.2) is 56.8 Å². The minimum atomic E-state index is -0.147. The van der Waals surface area contributed by atoms with Crippen molar-refractivity contribution in [2.75, 3.05) is 40.0 Å². The number of hydrogen-bond donors (Lipinski definition) is 3. The molecular formula is C22H32IN5O3. The topological polar surface area (TPSA) is 96.9 Å². The van der Waals surface area contributed by atoms with Crippen LogP contribution in [-0.2, 0) is 11.3 Å². The van der Waals surface area contributed by atoms with Gasteiger partial charge < -0.3 is 25.4 Å². The molecule has 1 aromatic heterocycles. The smallest absolute Gasteiger partial charge is 0.252 e. The molecule has 0 spiro atoms. The number of aliphatic imine (C=N–C) groups is 1. The van der Waals surface area contributed by atoms with Gasteiger partial charge in [-0.05, 0) is 43.2 Å². The van der Waals surface area contributed by atoms with E-state index < -0.39 is 0 Å². The molecule has 0 aliphatic carbocycles. The Bertz CT molecular complexity index is 772. The summed E-state index contributed by atoms with van der Waals surface area (Å²) >= 11 is 0. The number of guanidine groups is 1. The van der Waals surface area contributed by atoms with Gasteiger partial charge >= 0.3 is 0 Å². The van der Waals surface area contributed by atoms with Gasteiger partial charge in [0.1, 0.15) is 5.75 Å². The molecule has 170 valence electrons. The summed E-state index contributed by atoms with van der Waals surface area (Å²) in [6.07, 6.45) is 4.07. The van der Waals surface area contributed by atoms with Gasteiger partial charge in [-0.25, -0.2) is 4.99 Å². The summed E-state index contributed by atoms with van der Waals surface area (Å²) in [6, 6.07) is 11.3. The summed E-state index contributed by atoms with van der Waals surface area (Å²) in [5, 5.41) is 9.42. The fourth-order valence-corrected chi connectivity index (χ4v) is 2.56. The first-order valence-electron chi connectivity index (χ1n) is 10.1. The maximum atomic E-state index is 12.1. The lowest BCUT2D eigenvalue weighted by Crippen LogP contribution is -2.42. The van der Waals surface area contributed by atoms with E-state index in [1.165, 1.54) is 0 Å². The number of benzene rings is 1. The van der Waals surface area contributed by atoms with Gasteiger partial charge in [-0.2, -0.15) is 0 Å². The second-order valence-electron chi connectivity index (χ2n) is 6.41. The van der Waals surface area contributed by atoms with Crippen molar-refractivity contribution in [2.24, 2.45) is 4.99 Å². The molecule has 0 bridgehead atoms. The standard InChI is InChI=1S/C22H31N5O3.HI/c1-3-30-15-5-12-25-22(27-16-18-7-9-20(29-2)10-8-18)26-14-13-24-21(28)19-6-4-11-23-17-19;/h4,6-11,17H,3,5,12-16H2,1-2H3,(H,24,28)(H2,25,26,27);1H. The second-order valence-corrected chi connectivity index (χ2v) is 6.41. The number of halogens is 1. The third-order valence-electron chi connectivity index (χ3n) is 4.17. The zero-order valence-corrected chi connectivity index (χ0v) is 20.4. The highest BCUT2D eigenvalue weighted by molar-refractivity contribution is 14.0. The van der Waals surface area contributed by atoms with Crippen LogP contribution in [0.2, 0.25) is 0 Å². The summed E-state index contributed by atoms with van der Waals surface area (Å²) in [4.78, 5) is 20.7. The first kappa shape index (κ1) is 26.6. The molecule has 1 aromatic carbocycles. The number of nitrogens with zero attached hydrogens (tertiary/aromatic N) is 2. The van der Waals surface area contributed by atoms with Crippen LogP contribution in [0, 0.1) is 0 Å². The van der Waals surface area contributed by atoms with Crippen LogP contribution in [0.4, 0.5) is 0 Å². The fourth-order valence-electron chi connectivity index (χ4n) is 2.56. The highest BCUT2D eigenvalue weighted by atomic mass is 127. The van der Waals surface area contributed by atoms with E-state index in [2.05, 4.69) is 25.9 Å². The number of hydrogen-bond acceptors (Lipinski definition) is 5. The van der Waals surface area contributed by atoms with Crippen molar-refractivity contribution in [2.45, 2.75) is 19.9 Å². The molecule has 9 heteroatoms. The predicted molar refractivity (Wildman–Crippen MR) is 133 cm³/mol. The van der Waals surface area contributed by atoms with Gasteiger partial charge in [-0.3, -0.25) is 9.78 Å². The van der Waals surface area contributed by atoms with Gasteiger partial charge in [-0.1, -0.05) is 12.1 Å². The normalized spacial score (nSPS) is 10.7. The third kappa shape index (κ3) is 11.0. The molecule has 0 unspecified atom stereocenters. The lowest BCUT2D eigenvalue weighted by Gasteiger charge is -2.13. The molecule has 0 fully saturated rings. The molecule has 2 rings (SSSR count). The Balaban J connectivity index is 0.00000480. The van der Waals surface area contributed by atoms with Crippen molar-refractivity contribution < 1.29 is 14.3 Å². The number of rotatable bonds is 12. The van der Waals surface area contributed by atoms with Crippen LogP contribution in [0.15, 0.2) is 53.8 Å². The van der Waals surface area contributed by atoms with E-state index in [9.17, 15) is 4.79 Å². The number of ether oxygens (including phenoxy) is 2. The van der Waals surface area contributed by atoms with Crippen LogP contribution in [0.1, 0.15) is 29.3 Å². The Morgan fingerprint density at radius 2 is 1.81 bits per heavy atom. The maximum absolute atomic E-state index is 12.1. The largest absolute Gasteiger partial charge is 0.497 e. The summed E-state index contributed by atoms with van der Waals surface area (Å²) in [7, 11) is 1.65. The lowest BCUT2D eigenvalue weighted by atomic mass is 10.2. The Morgan fingerprint density at radius 1 is 1.06 bits per heavy atom. The van der Waals surface area contributed by atoms with Gasteiger partial charge in [0.25, 0.3) is 5.91 Å². The van der Waals surface area contributed by atoms with Crippen LogP contribution in [0.5, 0.6) is 5.75 Å². The maximum Gasteiger partial charge on any atom is 0.252 e. The second kappa shape index (κ2) is 16.3. The Morgan fingerprint density at radius 3 is 2.48 bits per heavy atom. The summed E-state index contributed by atoms with van der Waals surface area (Å²) < 4.78 is 10.6. The highest BCUT2D eigenvalue weighted by Crippen LogP contribution is 2.11.